The lowest BCUT2D eigenvalue weighted by Crippen LogP contribution is -2.21. The van der Waals surface area contributed by atoms with Crippen molar-refractivity contribution in [2.45, 2.75) is 65.2 Å². The van der Waals surface area contributed by atoms with Gasteiger partial charge in [0.05, 0.1) is 0 Å². The van der Waals surface area contributed by atoms with E-state index < -0.39 is 5.24 Å². The maximum absolute atomic E-state index is 11.0. The average Bonchev–Trinajstić information content (AvgIpc) is 2.44. The van der Waals surface area contributed by atoms with E-state index in [1.807, 2.05) is 6.07 Å². The summed E-state index contributed by atoms with van der Waals surface area (Å²) >= 11 is 5.39. The monoisotopic (exact) mass is 310 g/mol. The fourth-order valence-electron chi connectivity index (χ4n) is 2.13. The standard InChI is InChI=1S/C18H27ClO2/c1-7-17(3,4)13-9-10-15(21-12-16(19)20)14(11-13)18(5,6)8-2/h9-11H,7-8,12H2,1-6H3. The highest BCUT2D eigenvalue weighted by atomic mass is 35.5. The Morgan fingerprint density at radius 1 is 1.10 bits per heavy atom. The molecule has 0 aromatic heterocycles. The van der Waals surface area contributed by atoms with Gasteiger partial charge < -0.3 is 4.74 Å². The van der Waals surface area contributed by atoms with Crippen molar-refractivity contribution >= 4 is 16.8 Å². The summed E-state index contributed by atoms with van der Waals surface area (Å²) < 4.78 is 5.61. The second-order valence-electron chi connectivity index (χ2n) is 6.83. The Balaban J connectivity index is 3.30. The first kappa shape index (κ1) is 18.0. The van der Waals surface area contributed by atoms with Crippen LogP contribution in [0.25, 0.3) is 0 Å². The molecule has 118 valence electrons. The van der Waals surface area contributed by atoms with Crippen LogP contribution in [0.1, 0.15) is 65.5 Å². The molecule has 1 rings (SSSR count). The Hall–Kier alpha value is -1.02. The molecule has 3 heteroatoms. The molecular weight excluding hydrogens is 284 g/mol. The Morgan fingerprint density at radius 3 is 2.14 bits per heavy atom. The van der Waals surface area contributed by atoms with Gasteiger partial charge in [0.25, 0.3) is 5.24 Å². The summed E-state index contributed by atoms with van der Waals surface area (Å²) in [4.78, 5) is 11.0. The van der Waals surface area contributed by atoms with Gasteiger partial charge in [0, 0.05) is 5.56 Å². The van der Waals surface area contributed by atoms with Crippen molar-refractivity contribution in [1.82, 2.24) is 0 Å². The van der Waals surface area contributed by atoms with Crippen LogP contribution in [0.3, 0.4) is 0 Å². The average molecular weight is 311 g/mol. The molecular formula is C18H27ClO2. The molecule has 2 nitrogen and oxygen atoms in total. The first-order valence-corrected chi connectivity index (χ1v) is 7.98. The second kappa shape index (κ2) is 6.83. The summed E-state index contributed by atoms with van der Waals surface area (Å²) in [6.07, 6.45) is 2.06. The van der Waals surface area contributed by atoms with Gasteiger partial charge >= 0.3 is 0 Å². The van der Waals surface area contributed by atoms with E-state index in [1.54, 1.807) is 0 Å². The molecule has 21 heavy (non-hydrogen) atoms. The molecule has 0 radical (unpaired) electrons. The van der Waals surface area contributed by atoms with Gasteiger partial charge in [0.15, 0.2) is 6.61 Å². The summed E-state index contributed by atoms with van der Waals surface area (Å²) in [5.74, 6) is 0.756. The molecule has 0 saturated carbocycles. The van der Waals surface area contributed by atoms with E-state index in [0.29, 0.717) is 0 Å². The van der Waals surface area contributed by atoms with Crippen molar-refractivity contribution in [1.29, 1.82) is 0 Å². The van der Waals surface area contributed by atoms with Crippen molar-refractivity contribution in [3.8, 4) is 5.75 Å². The highest BCUT2D eigenvalue weighted by molar-refractivity contribution is 6.63. The van der Waals surface area contributed by atoms with Crippen molar-refractivity contribution < 1.29 is 9.53 Å². The van der Waals surface area contributed by atoms with Gasteiger partial charge in [-0.1, -0.05) is 53.7 Å². The summed E-state index contributed by atoms with van der Waals surface area (Å²) in [5, 5.41) is -0.479. The molecule has 0 heterocycles. The van der Waals surface area contributed by atoms with Crippen LogP contribution >= 0.6 is 11.6 Å². The minimum absolute atomic E-state index is 0.00940. The number of carbonyl (C=O) groups is 1. The summed E-state index contributed by atoms with van der Waals surface area (Å²) in [7, 11) is 0. The lowest BCUT2D eigenvalue weighted by Gasteiger charge is -2.30. The third kappa shape index (κ3) is 4.47. The topological polar surface area (TPSA) is 26.3 Å². The molecule has 0 bridgehead atoms. The van der Waals surface area contributed by atoms with Crippen LogP contribution in [0.15, 0.2) is 18.2 Å². The van der Waals surface area contributed by atoms with Crippen LogP contribution in [0.4, 0.5) is 0 Å². The zero-order chi connectivity index (χ0) is 16.3. The molecule has 0 saturated heterocycles. The van der Waals surface area contributed by atoms with Crippen molar-refractivity contribution in [2.24, 2.45) is 0 Å². The van der Waals surface area contributed by atoms with Crippen molar-refractivity contribution in [3.63, 3.8) is 0 Å². The first-order valence-electron chi connectivity index (χ1n) is 7.60. The summed E-state index contributed by atoms with van der Waals surface area (Å²) in [5.41, 5.74) is 2.55. The van der Waals surface area contributed by atoms with E-state index in [1.165, 1.54) is 5.56 Å². The van der Waals surface area contributed by atoms with Gasteiger partial charge in [-0.2, -0.15) is 0 Å². The Labute approximate surface area is 133 Å². The van der Waals surface area contributed by atoms with Crippen LogP contribution < -0.4 is 4.74 Å². The Morgan fingerprint density at radius 2 is 1.67 bits per heavy atom. The minimum Gasteiger partial charge on any atom is -0.484 e. The van der Waals surface area contributed by atoms with Crippen LogP contribution in [-0.4, -0.2) is 11.8 Å². The molecule has 0 N–H and O–H groups in total. The normalized spacial score (nSPS) is 12.3. The van der Waals surface area contributed by atoms with Gasteiger partial charge in [0.1, 0.15) is 5.75 Å². The molecule has 0 atom stereocenters. The number of carbonyl (C=O) groups excluding carboxylic acids is 1. The smallest absolute Gasteiger partial charge is 0.259 e. The van der Waals surface area contributed by atoms with E-state index >= 15 is 0 Å². The van der Waals surface area contributed by atoms with E-state index in [2.05, 4.69) is 53.7 Å². The van der Waals surface area contributed by atoms with E-state index in [4.69, 9.17) is 16.3 Å². The summed E-state index contributed by atoms with van der Waals surface area (Å²) in [6.45, 7) is 13.1. The number of rotatable bonds is 7. The second-order valence-corrected chi connectivity index (χ2v) is 7.25. The first-order chi connectivity index (χ1) is 9.64. The fraction of sp³-hybridized carbons (Fsp3) is 0.611. The number of halogens is 1. The molecule has 0 unspecified atom stereocenters. The highest BCUT2D eigenvalue weighted by Crippen LogP contribution is 2.38. The van der Waals surface area contributed by atoms with Gasteiger partial charge in [-0.25, -0.2) is 0 Å². The maximum atomic E-state index is 11.0. The van der Waals surface area contributed by atoms with Crippen LogP contribution in [0, 0.1) is 0 Å². The van der Waals surface area contributed by atoms with Gasteiger partial charge in [-0.15, -0.1) is 0 Å². The minimum atomic E-state index is -0.479. The maximum Gasteiger partial charge on any atom is 0.259 e. The van der Waals surface area contributed by atoms with Crippen LogP contribution in [-0.2, 0) is 15.6 Å². The zero-order valence-electron chi connectivity index (χ0n) is 14.0. The number of hydrogen-bond acceptors (Lipinski definition) is 2. The molecule has 0 aliphatic rings. The van der Waals surface area contributed by atoms with E-state index in [0.717, 1.165) is 24.2 Å². The Kier molecular flexibility index (Phi) is 5.86. The molecule has 1 aromatic rings. The zero-order valence-corrected chi connectivity index (χ0v) is 14.8. The Bertz CT molecular complexity index is 504. The van der Waals surface area contributed by atoms with Crippen LogP contribution in [0.5, 0.6) is 5.75 Å². The third-order valence-electron chi connectivity index (χ3n) is 4.60. The third-order valence-corrected chi connectivity index (χ3v) is 4.71. The molecule has 0 amide bonds. The lowest BCUT2D eigenvalue weighted by molar-refractivity contribution is -0.113. The number of hydrogen-bond donors (Lipinski definition) is 0. The van der Waals surface area contributed by atoms with Gasteiger partial charge in [0.2, 0.25) is 0 Å². The predicted octanol–water partition coefficient (Wildman–Crippen LogP) is 5.21. The van der Waals surface area contributed by atoms with Crippen molar-refractivity contribution in [2.75, 3.05) is 6.61 Å². The highest BCUT2D eigenvalue weighted by Gasteiger charge is 2.26. The van der Waals surface area contributed by atoms with Gasteiger partial charge in [-0.05, 0) is 46.9 Å². The largest absolute Gasteiger partial charge is 0.484 e. The van der Waals surface area contributed by atoms with Crippen LogP contribution in [0.2, 0.25) is 0 Å². The molecule has 1 aromatic carbocycles. The van der Waals surface area contributed by atoms with Gasteiger partial charge in [-0.3, -0.25) is 4.79 Å². The predicted molar refractivity (Wildman–Crippen MR) is 89.4 cm³/mol. The quantitative estimate of drug-likeness (QED) is 0.646. The van der Waals surface area contributed by atoms with E-state index in [-0.39, 0.29) is 17.4 Å². The SMILES string of the molecule is CCC(C)(C)c1ccc(OCC(=O)Cl)c(C(C)(C)CC)c1. The molecule has 0 fully saturated rings. The molecule has 0 aliphatic carbocycles. The number of ether oxygens (including phenoxy) is 1. The molecule has 0 spiro atoms. The molecule has 0 aliphatic heterocycles. The van der Waals surface area contributed by atoms with Crippen molar-refractivity contribution in [3.05, 3.63) is 29.3 Å². The fourth-order valence-corrected chi connectivity index (χ4v) is 2.19. The van der Waals surface area contributed by atoms with E-state index in [9.17, 15) is 4.79 Å². The summed E-state index contributed by atoms with van der Waals surface area (Å²) in [6, 6.07) is 6.28. The lowest BCUT2D eigenvalue weighted by atomic mass is 9.76. The number of benzene rings is 1.